The normalized spacial score (nSPS) is 16.6. The molecule has 2 heterocycles. The van der Waals surface area contributed by atoms with Gasteiger partial charge in [-0.1, -0.05) is 12.1 Å². The molecule has 0 bridgehead atoms. The van der Waals surface area contributed by atoms with E-state index in [4.69, 9.17) is 4.74 Å². The third-order valence-corrected chi connectivity index (χ3v) is 6.48. The molecular formula is C23H32N6O5S. The maximum atomic E-state index is 12.5. The molecule has 35 heavy (non-hydrogen) atoms. The van der Waals surface area contributed by atoms with Crippen molar-refractivity contribution in [2.24, 2.45) is 0 Å². The van der Waals surface area contributed by atoms with Gasteiger partial charge in [0.05, 0.1) is 10.6 Å². The Morgan fingerprint density at radius 3 is 2.46 bits per heavy atom. The van der Waals surface area contributed by atoms with Gasteiger partial charge in [-0.15, -0.1) is 0 Å². The fraction of sp³-hybridized carbons (Fsp3) is 0.478. The van der Waals surface area contributed by atoms with E-state index in [9.17, 15) is 18.0 Å². The van der Waals surface area contributed by atoms with E-state index in [1.165, 1.54) is 19.3 Å². The summed E-state index contributed by atoms with van der Waals surface area (Å²) in [5.74, 6) is 0.110. The van der Waals surface area contributed by atoms with Crippen LogP contribution in [0.15, 0.2) is 35.4 Å². The number of ether oxygens (including phenoxy) is 1. The van der Waals surface area contributed by atoms with Gasteiger partial charge >= 0.3 is 6.09 Å². The SMILES string of the molecule is CNC(=O)c1cnc(N2CCN(C(=O)OC(C)(C)C)CC2C)nc1Nc1ccccc1S(C)(=O)=O. The van der Waals surface area contributed by atoms with Crippen LogP contribution in [0.1, 0.15) is 38.1 Å². The maximum Gasteiger partial charge on any atom is 0.410 e. The van der Waals surface area contributed by atoms with Gasteiger partial charge in [-0.2, -0.15) is 4.98 Å². The summed E-state index contributed by atoms with van der Waals surface area (Å²) < 4.78 is 30.0. The van der Waals surface area contributed by atoms with Gasteiger partial charge in [0.2, 0.25) is 5.95 Å². The lowest BCUT2D eigenvalue weighted by atomic mass is 10.2. The quantitative estimate of drug-likeness (QED) is 0.629. The number of carbonyl (C=O) groups excluding carboxylic acids is 2. The molecule has 1 aliphatic heterocycles. The van der Waals surface area contributed by atoms with Crippen LogP contribution in [-0.4, -0.2) is 79.9 Å². The summed E-state index contributed by atoms with van der Waals surface area (Å²) in [6.45, 7) is 8.70. The number of benzene rings is 1. The first-order chi connectivity index (χ1) is 16.3. The number of amides is 2. The van der Waals surface area contributed by atoms with Crippen LogP contribution in [-0.2, 0) is 14.6 Å². The first-order valence-corrected chi connectivity index (χ1v) is 13.1. The van der Waals surface area contributed by atoms with E-state index in [-0.39, 0.29) is 28.4 Å². The molecule has 2 amide bonds. The second-order valence-corrected chi connectivity index (χ2v) is 11.4. The van der Waals surface area contributed by atoms with Gasteiger partial charge < -0.3 is 25.2 Å². The number of hydrogen-bond acceptors (Lipinski definition) is 9. The first kappa shape index (κ1) is 26.2. The second-order valence-electron chi connectivity index (χ2n) is 9.37. The Bertz CT molecular complexity index is 1210. The molecule has 0 radical (unpaired) electrons. The zero-order valence-electron chi connectivity index (χ0n) is 20.8. The number of carbonyl (C=O) groups is 2. The molecule has 190 valence electrons. The van der Waals surface area contributed by atoms with Crippen LogP contribution in [0.4, 0.5) is 22.2 Å². The number of para-hydroxylation sites is 1. The van der Waals surface area contributed by atoms with Crippen molar-refractivity contribution in [2.75, 3.05) is 43.2 Å². The molecule has 0 spiro atoms. The Labute approximate surface area is 205 Å². The smallest absolute Gasteiger partial charge is 0.410 e. The molecule has 0 aliphatic carbocycles. The molecular weight excluding hydrogens is 472 g/mol. The van der Waals surface area contributed by atoms with Crippen molar-refractivity contribution in [1.82, 2.24) is 20.2 Å². The number of nitrogens with zero attached hydrogens (tertiary/aromatic N) is 4. The highest BCUT2D eigenvalue weighted by molar-refractivity contribution is 7.90. The largest absolute Gasteiger partial charge is 0.444 e. The van der Waals surface area contributed by atoms with E-state index in [2.05, 4.69) is 20.6 Å². The number of hydrogen-bond donors (Lipinski definition) is 2. The fourth-order valence-electron chi connectivity index (χ4n) is 3.67. The molecule has 11 nitrogen and oxygen atoms in total. The lowest BCUT2D eigenvalue weighted by Gasteiger charge is -2.40. The average Bonchev–Trinajstić information content (AvgIpc) is 2.77. The molecule has 3 rings (SSSR count). The molecule has 1 atom stereocenters. The Morgan fingerprint density at radius 2 is 1.86 bits per heavy atom. The summed E-state index contributed by atoms with van der Waals surface area (Å²) in [4.78, 5) is 37.6. The van der Waals surface area contributed by atoms with E-state index in [0.717, 1.165) is 6.26 Å². The van der Waals surface area contributed by atoms with Gasteiger partial charge in [-0.25, -0.2) is 18.2 Å². The maximum absolute atomic E-state index is 12.5. The number of nitrogens with one attached hydrogen (secondary N) is 2. The van der Waals surface area contributed by atoms with Crippen molar-refractivity contribution in [3.05, 3.63) is 36.0 Å². The molecule has 1 unspecified atom stereocenters. The van der Waals surface area contributed by atoms with Crippen LogP contribution in [0, 0.1) is 0 Å². The van der Waals surface area contributed by atoms with Gasteiger partial charge in [0.15, 0.2) is 9.84 Å². The molecule has 1 aromatic heterocycles. The van der Waals surface area contributed by atoms with Gasteiger partial charge in [-0.3, -0.25) is 4.79 Å². The highest BCUT2D eigenvalue weighted by atomic mass is 32.2. The highest BCUT2D eigenvalue weighted by Crippen LogP contribution is 2.28. The number of anilines is 3. The number of piperazine rings is 1. The number of sulfone groups is 1. The van der Waals surface area contributed by atoms with Gasteiger partial charge in [0, 0.05) is 45.2 Å². The Hall–Kier alpha value is -3.41. The van der Waals surface area contributed by atoms with Crippen molar-refractivity contribution in [3.8, 4) is 0 Å². The lowest BCUT2D eigenvalue weighted by molar-refractivity contribution is 0.0218. The summed E-state index contributed by atoms with van der Waals surface area (Å²) in [5, 5.41) is 5.56. The monoisotopic (exact) mass is 504 g/mol. The van der Waals surface area contributed by atoms with E-state index >= 15 is 0 Å². The Balaban J connectivity index is 1.90. The van der Waals surface area contributed by atoms with Crippen LogP contribution < -0.4 is 15.5 Å². The standard InChI is InChI=1S/C23H32N6O5S/c1-15-14-28(22(31)34-23(2,3)4)11-12-29(15)21-25-13-16(20(30)24-5)19(27-21)26-17-9-7-8-10-18(17)35(6,32)33/h7-10,13,15H,11-12,14H2,1-6H3,(H,24,30)(H,25,26,27). The van der Waals surface area contributed by atoms with Crippen molar-refractivity contribution in [2.45, 2.75) is 44.2 Å². The number of aromatic nitrogens is 2. The zero-order chi connectivity index (χ0) is 26.0. The van der Waals surface area contributed by atoms with Gasteiger partial charge in [0.1, 0.15) is 17.0 Å². The zero-order valence-corrected chi connectivity index (χ0v) is 21.6. The van der Waals surface area contributed by atoms with Gasteiger partial charge in [0.25, 0.3) is 5.91 Å². The van der Waals surface area contributed by atoms with Crippen LogP contribution >= 0.6 is 0 Å². The van der Waals surface area contributed by atoms with Crippen LogP contribution in [0.25, 0.3) is 0 Å². The molecule has 0 saturated carbocycles. The molecule has 2 aromatic rings. The minimum absolute atomic E-state index is 0.0855. The molecule has 12 heteroatoms. The summed E-state index contributed by atoms with van der Waals surface area (Å²) in [5.41, 5.74) is -0.119. The minimum Gasteiger partial charge on any atom is -0.444 e. The van der Waals surface area contributed by atoms with E-state index in [1.54, 1.807) is 23.1 Å². The van der Waals surface area contributed by atoms with Crippen molar-refractivity contribution in [1.29, 1.82) is 0 Å². The summed E-state index contributed by atoms with van der Waals surface area (Å²) >= 11 is 0. The van der Waals surface area contributed by atoms with E-state index in [1.807, 2.05) is 32.6 Å². The molecule has 1 aromatic carbocycles. The predicted octanol–water partition coefficient (Wildman–Crippen LogP) is 2.43. The van der Waals surface area contributed by atoms with Gasteiger partial charge in [-0.05, 0) is 39.8 Å². The van der Waals surface area contributed by atoms with E-state index in [0.29, 0.717) is 31.3 Å². The fourth-order valence-corrected chi connectivity index (χ4v) is 4.52. The highest BCUT2D eigenvalue weighted by Gasteiger charge is 2.31. The second kappa shape index (κ2) is 10.1. The average molecular weight is 505 g/mol. The molecule has 1 saturated heterocycles. The summed E-state index contributed by atoms with van der Waals surface area (Å²) in [6, 6.07) is 6.28. The molecule has 2 N–H and O–H groups in total. The van der Waals surface area contributed by atoms with Crippen molar-refractivity contribution >= 4 is 39.3 Å². The lowest BCUT2D eigenvalue weighted by Crippen LogP contribution is -2.55. The van der Waals surface area contributed by atoms with Crippen molar-refractivity contribution < 1.29 is 22.7 Å². The van der Waals surface area contributed by atoms with Crippen LogP contribution in [0.2, 0.25) is 0 Å². The van der Waals surface area contributed by atoms with E-state index < -0.39 is 21.3 Å². The Kier molecular flexibility index (Phi) is 7.53. The minimum atomic E-state index is -3.53. The third kappa shape index (κ3) is 6.38. The third-order valence-electron chi connectivity index (χ3n) is 5.32. The van der Waals surface area contributed by atoms with Crippen molar-refractivity contribution in [3.63, 3.8) is 0 Å². The molecule has 1 aliphatic rings. The first-order valence-electron chi connectivity index (χ1n) is 11.2. The number of rotatable bonds is 5. The van der Waals surface area contributed by atoms with Crippen LogP contribution in [0.3, 0.4) is 0 Å². The topological polar surface area (TPSA) is 134 Å². The summed E-state index contributed by atoms with van der Waals surface area (Å²) in [7, 11) is -2.04. The summed E-state index contributed by atoms with van der Waals surface area (Å²) in [6.07, 6.45) is 2.14. The Morgan fingerprint density at radius 1 is 1.17 bits per heavy atom. The molecule has 1 fully saturated rings. The predicted molar refractivity (Wildman–Crippen MR) is 133 cm³/mol. The van der Waals surface area contributed by atoms with Crippen LogP contribution in [0.5, 0.6) is 0 Å².